The first-order valence-corrected chi connectivity index (χ1v) is 6.39. The van der Waals surface area contributed by atoms with E-state index in [1.807, 2.05) is 24.3 Å². The van der Waals surface area contributed by atoms with Gasteiger partial charge in [-0.25, -0.2) is 9.97 Å². The van der Waals surface area contributed by atoms with Crippen LogP contribution in [0.3, 0.4) is 0 Å². The van der Waals surface area contributed by atoms with Crippen LogP contribution in [0.2, 0.25) is 0 Å². The zero-order chi connectivity index (χ0) is 14.9. The Morgan fingerprint density at radius 1 is 0.905 bits per heavy atom. The topological polar surface area (TPSA) is 25.8 Å². The average molecular weight is 288 g/mol. The number of alkyl halides is 3. The van der Waals surface area contributed by atoms with E-state index in [1.54, 1.807) is 6.20 Å². The number of halogens is 3. The van der Waals surface area contributed by atoms with Gasteiger partial charge in [0.05, 0.1) is 5.56 Å². The third kappa shape index (κ3) is 3.02. The van der Waals surface area contributed by atoms with E-state index >= 15 is 0 Å². The van der Waals surface area contributed by atoms with Crippen molar-refractivity contribution in [2.75, 3.05) is 0 Å². The van der Waals surface area contributed by atoms with Crippen molar-refractivity contribution in [3.63, 3.8) is 0 Å². The lowest BCUT2D eigenvalue weighted by atomic mass is 10.1. The van der Waals surface area contributed by atoms with Gasteiger partial charge >= 0.3 is 6.18 Å². The summed E-state index contributed by atoms with van der Waals surface area (Å²) in [7, 11) is 0. The number of hydrogen-bond acceptors (Lipinski definition) is 2. The van der Waals surface area contributed by atoms with Gasteiger partial charge in [0, 0.05) is 23.7 Å². The maximum absolute atomic E-state index is 12.5. The Morgan fingerprint density at radius 3 is 2.38 bits per heavy atom. The van der Waals surface area contributed by atoms with E-state index in [2.05, 4.69) is 9.97 Å². The van der Waals surface area contributed by atoms with Crippen molar-refractivity contribution < 1.29 is 13.2 Å². The molecule has 0 spiro atoms. The standard InChI is InChI=1S/C16H11F3N2/c17-16(18,19)13-6-3-11(4-7-13)10-14-8-5-12-2-1-9-20-15(12)21-14/h1-9H,10H2. The van der Waals surface area contributed by atoms with Gasteiger partial charge in [0.15, 0.2) is 5.65 Å². The van der Waals surface area contributed by atoms with Gasteiger partial charge in [-0.1, -0.05) is 12.1 Å². The molecule has 0 aliphatic carbocycles. The molecule has 106 valence electrons. The molecule has 21 heavy (non-hydrogen) atoms. The second-order valence-electron chi connectivity index (χ2n) is 4.72. The minimum atomic E-state index is -4.30. The van der Waals surface area contributed by atoms with Gasteiger partial charge in [0.2, 0.25) is 0 Å². The first-order valence-electron chi connectivity index (χ1n) is 6.39. The number of hydrogen-bond donors (Lipinski definition) is 0. The lowest BCUT2D eigenvalue weighted by molar-refractivity contribution is -0.137. The maximum atomic E-state index is 12.5. The fourth-order valence-corrected chi connectivity index (χ4v) is 2.11. The Bertz CT molecular complexity index is 764. The van der Waals surface area contributed by atoms with Gasteiger partial charge in [-0.2, -0.15) is 13.2 Å². The predicted octanol–water partition coefficient (Wildman–Crippen LogP) is 4.24. The summed E-state index contributed by atoms with van der Waals surface area (Å²) in [5.41, 5.74) is 1.56. The highest BCUT2D eigenvalue weighted by Crippen LogP contribution is 2.29. The lowest BCUT2D eigenvalue weighted by Crippen LogP contribution is -2.04. The second kappa shape index (κ2) is 5.16. The summed E-state index contributed by atoms with van der Waals surface area (Å²) in [6.07, 6.45) is -2.16. The zero-order valence-electron chi connectivity index (χ0n) is 10.9. The molecule has 0 saturated heterocycles. The Labute approximate surface area is 119 Å². The SMILES string of the molecule is FC(F)(F)c1ccc(Cc2ccc3cccnc3n2)cc1. The Morgan fingerprint density at radius 2 is 1.67 bits per heavy atom. The number of pyridine rings is 2. The van der Waals surface area contributed by atoms with Crippen LogP contribution in [0.25, 0.3) is 11.0 Å². The molecule has 0 aliphatic rings. The third-order valence-corrected chi connectivity index (χ3v) is 3.19. The van der Waals surface area contributed by atoms with E-state index in [0.717, 1.165) is 28.8 Å². The van der Waals surface area contributed by atoms with Crippen molar-refractivity contribution in [1.82, 2.24) is 9.97 Å². The van der Waals surface area contributed by atoms with Crippen molar-refractivity contribution in [3.8, 4) is 0 Å². The lowest BCUT2D eigenvalue weighted by Gasteiger charge is -2.07. The maximum Gasteiger partial charge on any atom is 0.416 e. The summed E-state index contributed by atoms with van der Waals surface area (Å²) in [4.78, 5) is 8.58. The molecule has 0 bridgehead atoms. The molecule has 5 heteroatoms. The number of fused-ring (bicyclic) bond motifs is 1. The minimum Gasteiger partial charge on any atom is -0.237 e. The van der Waals surface area contributed by atoms with E-state index in [1.165, 1.54) is 12.1 Å². The van der Waals surface area contributed by atoms with Crippen molar-refractivity contribution in [2.24, 2.45) is 0 Å². The quantitative estimate of drug-likeness (QED) is 0.705. The Kier molecular flexibility index (Phi) is 3.33. The van der Waals surface area contributed by atoms with Crippen molar-refractivity contribution in [2.45, 2.75) is 12.6 Å². The van der Waals surface area contributed by atoms with Gasteiger partial charge in [-0.15, -0.1) is 0 Å². The second-order valence-corrected chi connectivity index (χ2v) is 4.72. The number of aromatic nitrogens is 2. The molecule has 0 aliphatic heterocycles. The number of benzene rings is 1. The largest absolute Gasteiger partial charge is 0.416 e. The summed E-state index contributed by atoms with van der Waals surface area (Å²) < 4.78 is 37.5. The number of rotatable bonds is 2. The van der Waals surface area contributed by atoms with E-state index in [-0.39, 0.29) is 0 Å². The first-order chi connectivity index (χ1) is 10.0. The summed E-state index contributed by atoms with van der Waals surface area (Å²) in [5, 5.41) is 0.939. The molecule has 2 nitrogen and oxygen atoms in total. The molecule has 0 atom stereocenters. The molecule has 0 saturated carbocycles. The molecule has 0 radical (unpaired) electrons. The summed E-state index contributed by atoms with van der Waals surface area (Å²) in [6, 6.07) is 12.7. The van der Waals surface area contributed by atoms with Crippen molar-refractivity contribution in [3.05, 3.63) is 71.5 Å². The van der Waals surface area contributed by atoms with Crippen LogP contribution in [0, 0.1) is 0 Å². The van der Waals surface area contributed by atoms with Crippen LogP contribution in [0.1, 0.15) is 16.8 Å². The highest BCUT2D eigenvalue weighted by Gasteiger charge is 2.29. The minimum absolute atomic E-state index is 0.477. The van der Waals surface area contributed by atoms with Gasteiger partial charge in [0.25, 0.3) is 0 Å². The highest BCUT2D eigenvalue weighted by atomic mass is 19.4. The van der Waals surface area contributed by atoms with Crippen LogP contribution in [0.4, 0.5) is 13.2 Å². The van der Waals surface area contributed by atoms with Crippen LogP contribution >= 0.6 is 0 Å². The normalized spacial score (nSPS) is 11.8. The molecular weight excluding hydrogens is 277 g/mol. The molecule has 2 aromatic heterocycles. The number of nitrogens with zero attached hydrogens (tertiary/aromatic N) is 2. The molecule has 0 fully saturated rings. The van der Waals surface area contributed by atoms with Gasteiger partial charge in [-0.05, 0) is 42.0 Å². The monoisotopic (exact) mass is 288 g/mol. The van der Waals surface area contributed by atoms with E-state index < -0.39 is 11.7 Å². The van der Waals surface area contributed by atoms with E-state index in [9.17, 15) is 13.2 Å². The van der Waals surface area contributed by atoms with Crippen molar-refractivity contribution >= 4 is 11.0 Å². The predicted molar refractivity (Wildman–Crippen MR) is 73.8 cm³/mol. The van der Waals surface area contributed by atoms with Crippen LogP contribution in [0.5, 0.6) is 0 Å². The molecule has 1 aromatic carbocycles. The van der Waals surface area contributed by atoms with Crippen LogP contribution < -0.4 is 0 Å². The zero-order valence-corrected chi connectivity index (χ0v) is 10.9. The first kappa shape index (κ1) is 13.5. The van der Waals surface area contributed by atoms with Gasteiger partial charge < -0.3 is 0 Å². The fraction of sp³-hybridized carbons (Fsp3) is 0.125. The molecule has 3 rings (SSSR count). The van der Waals surface area contributed by atoms with E-state index in [0.29, 0.717) is 12.1 Å². The Hall–Kier alpha value is -2.43. The summed E-state index contributed by atoms with van der Waals surface area (Å²) >= 11 is 0. The summed E-state index contributed by atoms with van der Waals surface area (Å²) in [6.45, 7) is 0. The molecular formula is C16H11F3N2. The Balaban J connectivity index is 1.84. The smallest absolute Gasteiger partial charge is 0.237 e. The highest BCUT2D eigenvalue weighted by molar-refractivity contribution is 5.74. The average Bonchev–Trinajstić information content (AvgIpc) is 2.47. The van der Waals surface area contributed by atoms with Crippen molar-refractivity contribution in [1.29, 1.82) is 0 Å². The molecule has 0 amide bonds. The molecule has 2 heterocycles. The van der Waals surface area contributed by atoms with Crippen LogP contribution in [-0.4, -0.2) is 9.97 Å². The van der Waals surface area contributed by atoms with Gasteiger partial charge in [-0.3, -0.25) is 0 Å². The molecule has 3 aromatic rings. The van der Waals surface area contributed by atoms with Gasteiger partial charge in [0.1, 0.15) is 0 Å². The van der Waals surface area contributed by atoms with E-state index in [4.69, 9.17) is 0 Å². The fourth-order valence-electron chi connectivity index (χ4n) is 2.11. The van der Waals surface area contributed by atoms with Crippen LogP contribution in [-0.2, 0) is 12.6 Å². The molecule has 0 unspecified atom stereocenters. The summed E-state index contributed by atoms with van der Waals surface area (Å²) in [5.74, 6) is 0. The van der Waals surface area contributed by atoms with Crippen LogP contribution in [0.15, 0.2) is 54.7 Å². The third-order valence-electron chi connectivity index (χ3n) is 3.19. The molecule has 0 N–H and O–H groups in total.